The molecule has 3 heteroatoms. The van der Waals surface area contributed by atoms with Crippen LogP contribution in [0.25, 0.3) is 0 Å². The molecule has 0 N–H and O–H groups in total. The Morgan fingerprint density at radius 3 is 2.73 bits per heavy atom. The quantitative estimate of drug-likeness (QED) is 0.734. The molecular formula is C23H27N2O+. The summed E-state index contributed by atoms with van der Waals surface area (Å²) in [6.07, 6.45) is 6.83. The molecule has 2 heterocycles. The molecule has 26 heavy (non-hydrogen) atoms. The second-order valence-corrected chi connectivity index (χ2v) is 7.69. The van der Waals surface area contributed by atoms with Gasteiger partial charge < -0.3 is 9.64 Å². The number of likely N-dealkylation sites (N-methyl/N-ethyl adjacent to an activating group) is 1. The number of hydrogen-bond donors (Lipinski definition) is 0. The largest absolute Gasteiger partial charge is 0.497 e. The van der Waals surface area contributed by atoms with Crippen molar-refractivity contribution in [3.05, 3.63) is 65.4 Å². The lowest BCUT2D eigenvalue weighted by Crippen LogP contribution is -2.24. The van der Waals surface area contributed by atoms with Gasteiger partial charge in [-0.3, -0.25) is 0 Å². The second-order valence-electron chi connectivity index (χ2n) is 7.69. The monoisotopic (exact) mass is 347 g/mol. The summed E-state index contributed by atoms with van der Waals surface area (Å²) in [4.78, 5) is 2.32. The van der Waals surface area contributed by atoms with Crippen LogP contribution in [-0.2, 0) is 11.8 Å². The van der Waals surface area contributed by atoms with Crippen LogP contribution in [0.5, 0.6) is 5.75 Å². The zero-order valence-corrected chi connectivity index (χ0v) is 16.1. The highest BCUT2D eigenvalue weighted by Crippen LogP contribution is 2.46. The Balaban J connectivity index is 1.73. The van der Waals surface area contributed by atoms with Gasteiger partial charge in [0, 0.05) is 48.0 Å². The molecule has 0 saturated heterocycles. The number of fused-ring (bicyclic) bond motifs is 2. The van der Waals surface area contributed by atoms with Crippen molar-refractivity contribution in [3.8, 4) is 5.75 Å². The van der Waals surface area contributed by atoms with Crippen molar-refractivity contribution in [3.63, 3.8) is 0 Å². The van der Waals surface area contributed by atoms with Gasteiger partial charge in [-0.2, -0.15) is 4.58 Å². The van der Waals surface area contributed by atoms with Gasteiger partial charge in [0.1, 0.15) is 12.3 Å². The Hall–Kier alpha value is -2.55. The van der Waals surface area contributed by atoms with E-state index in [-0.39, 0.29) is 5.41 Å². The average Bonchev–Trinajstić information content (AvgIpc) is 2.86. The molecule has 2 aliphatic heterocycles. The number of hydrogen-bond acceptors (Lipinski definition) is 2. The molecule has 0 aliphatic carbocycles. The Morgan fingerprint density at radius 1 is 1.15 bits per heavy atom. The van der Waals surface area contributed by atoms with Crippen LogP contribution in [0.1, 0.15) is 31.4 Å². The summed E-state index contributed by atoms with van der Waals surface area (Å²) in [6, 6.07) is 15.1. The molecule has 3 nitrogen and oxygen atoms in total. The molecule has 0 saturated carbocycles. The molecule has 4 rings (SSSR count). The van der Waals surface area contributed by atoms with Gasteiger partial charge in [0.2, 0.25) is 5.69 Å². The number of benzene rings is 2. The molecule has 0 fully saturated rings. The number of nitrogens with zero attached hydrogens (tertiary/aromatic N) is 2. The van der Waals surface area contributed by atoms with Crippen LogP contribution < -0.4 is 9.64 Å². The standard InChI is InChI=1S/C23H27N2O/c1-23(2)19-9-5-6-10-21(19)24(3)22(23)13-15-25-14-7-8-17-16-18(26-4)11-12-20(17)25/h5-6,9-13,15-16H,7-8,14H2,1-4H3/q+1. The van der Waals surface area contributed by atoms with Gasteiger partial charge >= 0.3 is 0 Å². The Labute approximate surface area is 156 Å². The predicted molar refractivity (Wildman–Crippen MR) is 108 cm³/mol. The summed E-state index contributed by atoms with van der Waals surface area (Å²) in [5, 5.41) is 0. The SMILES string of the molecule is COc1ccc2c(c1)CCC[N+]2=C/C=C1/N(C)c2ccccc2C1(C)C. The van der Waals surface area contributed by atoms with Crippen molar-refractivity contribution in [2.24, 2.45) is 0 Å². The number of aryl methyl sites for hydroxylation is 1. The van der Waals surface area contributed by atoms with Gasteiger partial charge in [-0.05, 0) is 30.2 Å². The Kier molecular flexibility index (Phi) is 4.10. The van der Waals surface area contributed by atoms with Crippen LogP contribution in [0.2, 0.25) is 0 Å². The Bertz CT molecular complexity index is 908. The van der Waals surface area contributed by atoms with Gasteiger partial charge in [0.05, 0.1) is 7.11 Å². The number of allylic oxidation sites excluding steroid dienone is 2. The van der Waals surface area contributed by atoms with Crippen LogP contribution >= 0.6 is 0 Å². The fourth-order valence-electron chi connectivity index (χ4n) is 4.35. The van der Waals surface area contributed by atoms with Crippen molar-refractivity contribution in [2.75, 3.05) is 25.6 Å². The number of para-hydroxylation sites is 1. The summed E-state index contributed by atoms with van der Waals surface area (Å²) < 4.78 is 7.76. The molecule has 0 radical (unpaired) electrons. The number of methoxy groups -OCH3 is 1. The fourth-order valence-corrected chi connectivity index (χ4v) is 4.35. The van der Waals surface area contributed by atoms with Crippen molar-refractivity contribution >= 4 is 17.6 Å². The first-order chi connectivity index (χ1) is 12.5. The summed E-state index contributed by atoms with van der Waals surface area (Å²) in [6.45, 7) is 5.67. The summed E-state index contributed by atoms with van der Waals surface area (Å²) in [5.74, 6) is 0.941. The minimum atomic E-state index is 0.0143. The maximum atomic E-state index is 5.39. The van der Waals surface area contributed by atoms with Crippen LogP contribution in [0.15, 0.2) is 54.2 Å². The van der Waals surface area contributed by atoms with E-state index < -0.39 is 0 Å². The molecule has 134 valence electrons. The van der Waals surface area contributed by atoms with E-state index in [4.69, 9.17) is 4.74 Å². The molecule has 2 aliphatic rings. The molecule has 0 bridgehead atoms. The van der Waals surface area contributed by atoms with E-state index in [0.717, 1.165) is 18.7 Å². The van der Waals surface area contributed by atoms with Gasteiger partial charge in [-0.15, -0.1) is 0 Å². The number of anilines is 1. The third kappa shape index (κ3) is 2.63. The lowest BCUT2D eigenvalue weighted by molar-refractivity contribution is -0.440. The van der Waals surface area contributed by atoms with Crippen molar-refractivity contribution in [2.45, 2.75) is 32.1 Å². The van der Waals surface area contributed by atoms with Gasteiger partial charge in [-0.25, -0.2) is 0 Å². The second kappa shape index (κ2) is 6.31. The van der Waals surface area contributed by atoms with E-state index in [2.05, 4.69) is 85.1 Å². The van der Waals surface area contributed by atoms with Crippen molar-refractivity contribution < 1.29 is 9.31 Å². The van der Waals surface area contributed by atoms with Gasteiger partial charge in [0.15, 0.2) is 6.21 Å². The zero-order valence-electron chi connectivity index (χ0n) is 16.1. The highest BCUT2D eigenvalue weighted by molar-refractivity contribution is 5.77. The number of ether oxygens (including phenoxy) is 1. The maximum absolute atomic E-state index is 5.39. The first kappa shape index (κ1) is 16.9. The van der Waals surface area contributed by atoms with E-state index in [1.54, 1.807) is 7.11 Å². The molecule has 2 aromatic rings. The van der Waals surface area contributed by atoms with E-state index in [1.165, 1.54) is 34.6 Å². The molecule has 0 aromatic heterocycles. The first-order valence-corrected chi connectivity index (χ1v) is 9.35. The average molecular weight is 347 g/mol. The number of rotatable bonds is 2. The lowest BCUT2D eigenvalue weighted by Gasteiger charge is -2.23. The van der Waals surface area contributed by atoms with Crippen molar-refractivity contribution in [1.29, 1.82) is 0 Å². The summed E-state index contributed by atoms with van der Waals surface area (Å²) >= 11 is 0. The van der Waals surface area contributed by atoms with Crippen LogP contribution in [0.3, 0.4) is 0 Å². The van der Waals surface area contributed by atoms with Crippen molar-refractivity contribution in [1.82, 2.24) is 0 Å². The Morgan fingerprint density at radius 2 is 1.96 bits per heavy atom. The topological polar surface area (TPSA) is 15.5 Å². The molecule has 0 unspecified atom stereocenters. The summed E-state index contributed by atoms with van der Waals surface area (Å²) in [7, 11) is 3.90. The predicted octanol–water partition coefficient (Wildman–Crippen LogP) is 4.67. The van der Waals surface area contributed by atoms with Gasteiger partial charge in [0.25, 0.3) is 0 Å². The molecule has 0 atom stereocenters. The molecule has 0 spiro atoms. The van der Waals surface area contributed by atoms with E-state index in [0.29, 0.717) is 0 Å². The highest BCUT2D eigenvalue weighted by Gasteiger charge is 2.38. The molecular weight excluding hydrogens is 320 g/mol. The fraction of sp³-hybridized carbons (Fsp3) is 0.348. The third-order valence-electron chi connectivity index (χ3n) is 5.79. The normalized spacial score (nSPS) is 21.0. The van der Waals surface area contributed by atoms with Crippen LogP contribution in [-0.4, -0.2) is 31.5 Å². The van der Waals surface area contributed by atoms with E-state index in [9.17, 15) is 0 Å². The molecule has 0 amide bonds. The zero-order chi connectivity index (χ0) is 18.3. The third-order valence-corrected chi connectivity index (χ3v) is 5.79. The smallest absolute Gasteiger partial charge is 0.208 e. The van der Waals surface area contributed by atoms with Crippen LogP contribution in [0.4, 0.5) is 11.4 Å². The van der Waals surface area contributed by atoms with E-state index >= 15 is 0 Å². The van der Waals surface area contributed by atoms with Gasteiger partial charge in [-0.1, -0.05) is 32.0 Å². The minimum absolute atomic E-state index is 0.0143. The molecule has 2 aromatic carbocycles. The first-order valence-electron chi connectivity index (χ1n) is 9.35. The van der Waals surface area contributed by atoms with E-state index in [1.807, 2.05) is 0 Å². The van der Waals surface area contributed by atoms with Crippen LogP contribution in [0, 0.1) is 0 Å². The lowest BCUT2D eigenvalue weighted by atomic mass is 9.84. The maximum Gasteiger partial charge on any atom is 0.208 e. The minimum Gasteiger partial charge on any atom is -0.497 e. The highest BCUT2D eigenvalue weighted by atomic mass is 16.5. The summed E-state index contributed by atoms with van der Waals surface area (Å²) in [5.41, 5.74) is 6.71.